The first-order valence-electron chi connectivity index (χ1n) is 8.20. The van der Waals surface area contributed by atoms with Crippen molar-refractivity contribution in [3.05, 3.63) is 59.9 Å². The summed E-state index contributed by atoms with van der Waals surface area (Å²) in [7, 11) is 0. The smallest absolute Gasteiger partial charge is 0.227 e. The van der Waals surface area contributed by atoms with Crippen molar-refractivity contribution in [2.75, 3.05) is 18.4 Å². The predicted octanol–water partition coefficient (Wildman–Crippen LogP) is 3.76. The van der Waals surface area contributed by atoms with Gasteiger partial charge in [-0.05, 0) is 56.3 Å². The number of carbonyl (C=O) groups is 1. The third-order valence-corrected chi connectivity index (χ3v) is 4.18. The number of hydrogen-bond donors (Lipinski definition) is 2. The number of amides is 1. The van der Waals surface area contributed by atoms with Crippen molar-refractivity contribution in [2.45, 2.75) is 19.4 Å². The first-order chi connectivity index (χ1) is 11.7. The van der Waals surface area contributed by atoms with Crippen LogP contribution in [-0.4, -0.2) is 19.0 Å². The Morgan fingerprint density at radius 2 is 1.80 bits per heavy atom. The molecule has 1 amide bonds. The lowest BCUT2D eigenvalue weighted by atomic mass is 9.97. The molecule has 2 aromatic carbocycles. The molecule has 0 unspecified atom stereocenters. The van der Waals surface area contributed by atoms with E-state index >= 15 is 0 Å². The Labute approximate surface area is 153 Å². The lowest BCUT2D eigenvalue weighted by molar-refractivity contribution is -0.120. The summed E-state index contributed by atoms with van der Waals surface area (Å²) in [4.78, 5) is 12.2. The van der Waals surface area contributed by atoms with Crippen LogP contribution in [0.15, 0.2) is 48.5 Å². The summed E-state index contributed by atoms with van der Waals surface area (Å²) in [6, 6.07) is 13.7. The highest BCUT2D eigenvalue weighted by atomic mass is 35.5. The van der Waals surface area contributed by atoms with Crippen molar-refractivity contribution in [3.63, 3.8) is 0 Å². The third-order valence-electron chi connectivity index (χ3n) is 4.18. The first-order valence-corrected chi connectivity index (χ1v) is 8.20. The largest absolute Gasteiger partial charge is 0.489 e. The Hall–Kier alpha value is -2.11. The van der Waals surface area contributed by atoms with Gasteiger partial charge in [0.15, 0.2) is 0 Å². The molecule has 2 N–H and O–H groups in total. The summed E-state index contributed by atoms with van der Waals surface area (Å²) in [5.74, 6) is 0.501. The van der Waals surface area contributed by atoms with Crippen molar-refractivity contribution >= 4 is 24.0 Å². The molecular weight excluding hydrogens is 343 g/mol. The molecule has 1 aliphatic heterocycles. The van der Waals surface area contributed by atoms with Crippen LogP contribution in [0.3, 0.4) is 0 Å². The summed E-state index contributed by atoms with van der Waals surface area (Å²) in [5, 5.41) is 6.19. The van der Waals surface area contributed by atoms with Crippen LogP contribution in [0, 0.1) is 11.7 Å². The zero-order valence-corrected chi connectivity index (χ0v) is 14.7. The quantitative estimate of drug-likeness (QED) is 0.849. The molecule has 1 saturated heterocycles. The van der Waals surface area contributed by atoms with E-state index in [0.29, 0.717) is 11.3 Å². The lowest BCUT2D eigenvalue weighted by Crippen LogP contribution is -2.34. The Kier molecular flexibility index (Phi) is 7.22. The number of anilines is 1. The zero-order valence-electron chi connectivity index (χ0n) is 13.8. The number of nitrogens with one attached hydrogen (secondary N) is 2. The van der Waals surface area contributed by atoms with Gasteiger partial charge >= 0.3 is 0 Å². The molecule has 1 heterocycles. The number of halogens is 2. The highest BCUT2D eigenvalue weighted by molar-refractivity contribution is 5.92. The summed E-state index contributed by atoms with van der Waals surface area (Å²) in [6.07, 6.45) is 1.74. The van der Waals surface area contributed by atoms with E-state index in [0.717, 1.165) is 31.6 Å². The van der Waals surface area contributed by atoms with Gasteiger partial charge < -0.3 is 15.4 Å². The van der Waals surface area contributed by atoms with Crippen LogP contribution in [0.2, 0.25) is 0 Å². The predicted molar refractivity (Wildman–Crippen MR) is 98.6 cm³/mol. The second-order valence-electron chi connectivity index (χ2n) is 5.92. The van der Waals surface area contributed by atoms with Gasteiger partial charge in [0.05, 0.1) is 0 Å². The number of hydrogen-bond acceptors (Lipinski definition) is 3. The second kappa shape index (κ2) is 9.39. The Balaban J connectivity index is 0.00000225. The monoisotopic (exact) mass is 364 g/mol. The number of carbonyl (C=O) groups excluding carboxylic acids is 1. The number of benzene rings is 2. The molecule has 0 bridgehead atoms. The van der Waals surface area contributed by atoms with E-state index in [4.69, 9.17) is 4.74 Å². The topological polar surface area (TPSA) is 50.4 Å². The molecule has 4 nitrogen and oxygen atoms in total. The molecule has 0 aromatic heterocycles. The van der Waals surface area contributed by atoms with Crippen LogP contribution < -0.4 is 15.4 Å². The maximum atomic E-state index is 13.5. The molecule has 1 aliphatic rings. The molecule has 6 heteroatoms. The van der Waals surface area contributed by atoms with Gasteiger partial charge in [0.1, 0.15) is 18.2 Å². The highest BCUT2D eigenvalue weighted by Crippen LogP contribution is 2.20. The van der Waals surface area contributed by atoms with Crippen LogP contribution in [-0.2, 0) is 11.4 Å². The van der Waals surface area contributed by atoms with Gasteiger partial charge in [-0.2, -0.15) is 0 Å². The van der Waals surface area contributed by atoms with Crippen LogP contribution in [0.25, 0.3) is 0 Å². The van der Waals surface area contributed by atoms with Crippen molar-refractivity contribution in [1.29, 1.82) is 0 Å². The van der Waals surface area contributed by atoms with E-state index < -0.39 is 0 Å². The maximum absolute atomic E-state index is 13.5. The molecule has 134 valence electrons. The SMILES string of the molecule is Cl.O=C(Nc1ccc(OCc2ccccc2F)cc1)C1CCNCC1. The van der Waals surface area contributed by atoms with Gasteiger partial charge in [0.25, 0.3) is 0 Å². The molecule has 0 radical (unpaired) electrons. The van der Waals surface area contributed by atoms with E-state index in [9.17, 15) is 9.18 Å². The van der Waals surface area contributed by atoms with E-state index in [1.807, 2.05) is 0 Å². The fraction of sp³-hybridized carbons (Fsp3) is 0.316. The molecule has 0 atom stereocenters. The van der Waals surface area contributed by atoms with Gasteiger partial charge in [0, 0.05) is 17.2 Å². The Morgan fingerprint density at radius 3 is 2.48 bits per heavy atom. The van der Waals surface area contributed by atoms with Crippen molar-refractivity contribution in [2.24, 2.45) is 5.92 Å². The first kappa shape index (κ1) is 19.2. The number of rotatable bonds is 5. The minimum absolute atomic E-state index is 0. The van der Waals surface area contributed by atoms with E-state index in [1.165, 1.54) is 6.07 Å². The molecule has 25 heavy (non-hydrogen) atoms. The molecule has 3 rings (SSSR count). The Bertz CT molecular complexity index is 688. The van der Waals surface area contributed by atoms with Gasteiger partial charge in [-0.1, -0.05) is 18.2 Å². The van der Waals surface area contributed by atoms with Crippen LogP contribution in [0.4, 0.5) is 10.1 Å². The van der Waals surface area contributed by atoms with Gasteiger partial charge in [-0.3, -0.25) is 4.79 Å². The van der Waals surface area contributed by atoms with Gasteiger partial charge in [0.2, 0.25) is 5.91 Å². The van der Waals surface area contributed by atoms with Gasteiger partial charge in [-0.25, -0.2) is 4.39 Å². The average molecular weight is 365 g/mol. The fourth-order valence-electron chi connectivity index (χ4n) is 2.74. The summed E-state index contributed by atoms with van der Waals surface area (Å²) < 4.78 is 19.1. The van der Waals surface area contributed by atoms with Crippen molar-refractivity contribution in [3.8, 4) is 5.75 Å². The van der Waals surface area contributed by atoms with Crippen LogP contribution >= 0.6 is 12.4 Å². The molecule has 2 aromatic rings. The molecule has 0 saturated carbocycles. The van der Waals surface area contributed by atoms with E-state index in [2.05, 4.69) is 10.6 Å². The molecule has 0 aliphatic carbocycles. The number of ether oxygens (including phenoxy) is 1. The minimum atomic E-state index is -0.275. The maximum Gasteiger partial charge on any atom is 0.227 e. The fourth-order valence-corrected chi connectivity index (χ4v) is 2.74. The minimum Gasteiger partial charge on any atom is -0.489 e. The summed E-state index contributed by atoms with van der Waals surface area (Å²) >= 11 is 0. The Morgan fingerprint density at radius 1 is 1.12 bits per heavy atom. The second-order valence-corrected chi connectivity index (χ2v) is 5.92. The average Bonchev–Trinajstić information content (AvgIpc) is 2.63. The van der Waals surface area contributed by atoms with E-state index in [-0.39, 0.29) is 36.7 Å². The van der Waals surface area contributed by atoms with E-state index in [1.54, 1.807) is 42.5 Å². The number of piperidine rings is 1. The standard InChI is InChI=1S/C19H21FN2O2.ClH/c20-18-4-2-1-3-15(18)13-24-17-7-5-16(6-8-17)22-19(23)14-9-11-21-12-10-14;/h1-8,14,21H,9-13H2,(H,22,23);1H. The molecule has 1 fully saturated rings. The molecule has 0 spiro atoms. The summed E-state index contributed by atoms with van der Waals surface area (Å²) in [5.41, 5.74) is 1.26. The molecular formula is C19H22ClFN2O2. The highest BCUT2D eigenvalue weighted by Gasteiger charge is 2.20. The van der Waals surface area contributed by atoms with Crippen LogP contribution in [0.5, 0.6) is 5.75 Å². The summed E-state index contributed by atoms with van der Waals surface area (Å²) in [6.45, 7) is 1.95. The third kappa shape index (κ3) is 5.44. The van der Waals surface area contributed by atoms with Crippen LogP contribution in [0.1, 0.15) is 18.4 Å². The zero-order chi connectivity index (χ0) is 16.8. The van der Waals surface area contributed by atoms with Crippen molar-refractivity contribution < 1.29 is 13.9 Å². The normalized spacial score (nSPS) is 14.4. The lowest BCUT2D eigenvalue weighted by Gasteiger charge is -2.21. The van der Waals surface area contributed by atoms with Gasteiger partial charge in [-0.15, -0.1) is 12.4 Å². The van der Waals surface area contributed by atoms with Crippen molar-refractivity contribution in [1.82, 2.24) is 5.32 Å².